The van der Waals surface area contributed by atoms with Crippen LogP contribution >= 0.6 is 11.6 Å². The molecule has 0 saturated carbocycles. The lowest BCUT2D eigenvalue weighted by Crippen LogP contribution is -2.04. The Bertz CT molecular complexity index is 574. The molecular weight excluding hydrogens is 288 g/mol. The van der Waals surface area contributed by atoms with E-state index in [1.54, 1.807) is 0 Å². The van der Waals surface area contributed by atoms with Crippen molar-refractivity contribution in [1.82, 2.24) is 15.0 Å². The number of aryl methyl sites for hydroxylation is 1. The number of halogens is 1. The quantitative estimate of drug-likeness (QED) is 0.837. The van der Waals surface area contributed by atoms with Crippen LogP contribution in [0.15, 0.2) is 24.3 Å². The number of nitrogens with zero attached hydrogens (tertiary/aromatic N) is 3. The van der Waals surface area contributed by atoms with Crippen LogP contribution < -0.4 is 10.1 Å². The van der Waals surface area contributed by atoms with Crippen molar-refractivity contribution in [2.24, 2.45) is 0 Å². The molecule has 0 amide bonds. The zero-order valence-corrected chi connectivity index (χ0v) is 13.0. The largest absolute Gasteiger partial charge is 0.463 e. The predicted octanol–water partition coefficient (Wildman–Crippen LogP) is 4.01. The van der Waals surface area contributed by atoms with Crippen molar-refractivity contribution in [3.05, 3.63) is 35.1 Å². The van der Waals surface area contributed by atoms with Crippen LogP contribution in [-0.2, 0) is 6.42 Å². The van der Waals surface area contributed by atoms with E-state index in [1.165, 1.54) is 5.56 Å². The van der Waals surface area contributed by atoms with Crippen LogP contribution in [0.25, 0.3) is 0 Å². The minimum atomic E-state index is 0.112. The first-order chi connectivity index (χ1) is 10.2. The SMILES string of the molecule is CCCOc1nc(Cl)nc(Nc2ccc(CCC)cc2)n1. The third-order valence-corrected chi connectivity index (χ3v) is 2.94. The zero-order valence-electron chi connectivity index (χ0n) is 12.3. The Morgan fingerprint density at radius 2 is 1.81 bits per heavy atom. The molecule has 2 aromatic rings. The summed E-state index contributed by atoms with van der Waals surface area (Å²) in [6.45, 7) is 4.72. The summed E-state index contributed by atoms with van der Waals surface area (Å²) in [7, 11) is 0. The summed E-state index contributed by atoms with van der Waals surface area (Å²) in [4.78, 5) is 12.2. The molecule has 0 unspecified atom stereocenters. The fourth-order valence-electron chi connectivity index (χ4n) is 1.82. The molecule has 0 aliphatic rings. The molecule has 1 heterocycles. The number of anilines is 2. The molecule has 1 aromatic carbocycles. The summed E-state index contributed by atoms with van der Waals surface area (Å²) in [5.74, 6) is 0.379. The highest BCUT2D eigenvalue weighted by Crippen LogP contribution is 2.18. The summed E-state index contributed by atoms with van der Waals surface area (Å²) in [6, 6.07) is 8.40. The summed E-state index contributed by atoms with van der Waals surface area (Å²) in [5.41, 5.74) is 2.21. The highest BCUT2D eigenvalue weighted by atomic mass is 35.5. The average Bonchev–Trinajstić information content (AvgIpc) is 2.47. The number of hydrogen-bond donors (Lipinski definition) is 1. The van der Waals surface area contributed by atoms with Gasteiger partial charge in [0, 0.05) is 5.69 Å². The summed E-state index contributed by atoms with van der Waals surface area (Å²) >= 11 is 5.88. The minimum Gasteiger partial charge on any atom is -0.463 e. The minimum absolute atomic E-state index is 0.112. The van der Waals surface area contributed by atoms with Crippen molar-refractivity contribution in [3.63, 3.8) is 0 Å². The molecule has 0 atom stereocenters. The van der Waals surface area contributed by atoms with Crippen molar-refractivity contribution >= 4 is 23.2 Å². The van der Waals surface area contributed by atoms with E-state index in [0.29, 0.717) is 12.6 Å². The van der Waals surface area contributed by atoms with E-state index in [9.17, 15) is 0 Å². The maximum atomic E-state index is 5.88. The van der Waals surface area contributed by atoms with E-state index in [1.807, 2.05) is 19.1 Å². The second-order valence-corrected chi connectivity index (χ2v) is 4.97. The van der Waals surface area contributed by atoms with Gasteiger partial charge < -0.3 is 10.1 Å². The van der Waals surface area contributed by atoms with Gasteiger partial charge in [0.25, 0.3) is 0 Å². The Hall–Kier alpha value is -1.88. The van der Waals surface area contributed by atoms with Gasteiger partial charge in [-0.2, -0.15) is 15.0 Å². The van der Waals surface area contributed by atoms with Crippen molar-refractivity contribution in [2.75, 3.05) is 11.9 Å². The van der Waals surface area contributed by atoms with Gasteiger partial charge in [-0.1, -0.05) is 32.4 Å². The van der Waals surface area contributed by atoms with Gasteiger partial charge in [0.1, 0.15) is 0 Å². The molecule has 0 radical (unpaired) electrons. The molecule has 21 heavy (non-hydrogen) atoms. The molecule has 1 N–H and O–H groups in total. The topological polar surface area (TPSA) is 59.9 Å². The zero-order chi connectivity index (χ0) is 15.1. The molecule has 1 aromatic heterocycles. The van der Waals surface area contributed by atoms with E-state index < -0.39 is 0 Å². The first-order valence-electron chi connectivity index (χ1n) is 7.11. The molecule has 5 nitrogen and oxygen atoms in total. The summed E-state index contributed by atoms with van der Waals surface area (Å²) in [6.07, 6.45) is 3.09. The van der Waals surface area contributed by atoms with Gasteiger partial charge in [-0.05, 0) is 42.1 Å². The number of nitrogens with one attached hydrogen (secondary N) is 1. The molecule has 0 fully saturated rings. The standard InChI is InChI=1S/C15H19ClN4O/c1-3-5-11-6-8-12(9-7-11)17-14-18-13(16)19-15(20-14)21-10-4-2/h6-9H,3-5,10H2,1-2H3,(H,17,18,19,20). The average molecular weight is 307 g/mol. The lowest BCUT2D eigenvalue weighted by atomic mass is 10.1. The van der Waals surface area contributed by atoms with Gasteiger partial charge in [0.05, 0.1) is 6.61 Å². The molecule has 0 aliphatic carbocycles. The van der Waals surface area contributed by atoms with E-state index in [2.05, 4.69) is 39.3 Å². The van der Waals surface area contributed by atoms with Gasteiger partial charge in [-0.3, -0.25) is 0 Å². The van der Waals surface area contributed by atoms with Crippen LogP contribution in [0.4, 0.5) is 11.6 Å². The smallest absolute Gasteiger partial charge is 0.322 e. The van der Waals surface area contributed by atoms with Gasteiger partial charge >= 0.3 is 6.01 Å². The van der Waals surface area contributed by atoms with Crippen molar-refractivity contribution in [3.8, 4) is 6.01 Å². The Balaban J connectivity index is 2.09. The number of hydrogen-bond acceptors (Lipinski definition) is 5. The Kier molecular flexibility index (Phi) is 5.75. The first-order valence-corrected chi connectivity index (χ1v) is 7.49. The summed E-state index contributed by atoms with van der Waals surface area (Å²) < 4.78 is 5.38. The highest BCUT2D eigenvalue weighted by Gasteiger charge is 2.06. The molecule has 2 rings (SSSR count). The van der Waals surface area contributed by atoms with Crippen LogP contribution in [0.5, 0.6) is 6.01 Å². The lowest BCUT2D eigenvalue weighted by Gasteiger charge is -2.08. The van der Waals surface area contributed by atoms with Gasteiger partial charge in [-0.25, -0.2) is 0 Å². The fourth-order valence-corrected chi connectivity index (χ4v) is 1.97. The molecule has 112 valence electrons. The van der Waals surface area contributed by atoms with Gasteiger partial charge in [0.2, 0.25) is 11.2 Å². The van der Waals surface area contributed by atoms with E-state index >= 15 is 0 Å². The maximum absolute atomic E-state index is 5.88. The third kappa shape index (κ3) is 4.86. The summed E-state index contributed by atoms with van der Waals surface area (Å²) in [5, 5.41) is 3.22. The second kappa shape index (κ2) is 7.78. The van der Waals surface area contributed by atoms with Crippen molar-refractivity contribution in [2.45, 2.75) is 33.1 Å². The second-order valence-electron chi connectivity index (χ2n) is 4.63. The van der Waals surface area contributed by atoms with Crippen LogP contribution in [0.3, 0.4) is 0 Å². The monoisotopic (exact) mass is 306 g/mol. The number of benzene rings is 1. The van der Waals surface area contributed by atoms with Crippen molar-refractivity contribution < 1.29 is 4.74 Å². The fraction of sp³-hybridized carbons (Fsp3) is 0.400. The Morgan fingerprint density at radius 1 is 1.05 bits per heavy atom. The molecule has 0 saturated heterocycles. The molecule has 0 spiro atoms. The number of ether oxygens (including phenoxy) is 1. The van der Waals surface area contributed by atoms with Crippen LogP contribution in [0.2, 0.25) is 5.28 Å². The van der Waals surface area contributed by atoms with Crippen molar-refractivity contribution in [1.29, 1.82) is 0 Å². The van der Waals surface area contributed by atoms with E-state index in [4.69, 9.17) is 16.3 Å². The number of aromatic nitrogens is 3. The highest BCUT2D eigenvalue weighted by molar-refractivity contribution is 6.28. The van der Waals surface area contributed by atoms with Gasteiger partial charge in [0.15, 0.2) is 0 Å². The predicted molar refractivity (Wildman–Crippen MR) is 84.3 cm³/mol. The van der Waals surface area contributed by atoms with E-state index in [-0.39, 0.29) is 11.3 Å². The normalized spacial score (nSPS) is 10.4. The van der Waals surface area contributed by atoms with E-state index in [0.717, 1.165) is 24.9 Å². The van der Waals surface area contributed by atoms with Crippen LogP contribution in [-0.4, -0.2) is 21.6 Å². The van der Waals surface area contributed by atoms with Crippen LogP contribution in [0, 0.1) is 0 Å². The van der Waals surface area contributed by atoms with Crippen LogP contribution in [0.1, 0.15) is 32.3 Å². The Morgan fingerprint density at radius 3 is 2.48 bits per heavy atom. The Labute approximate surface area is 129 Å². The first kappa shape index (κ1) is 15.5. The number of rotatable bonds is 7. The third-order valence-electron chi connectivity index (χ3n) is 2.77. The lowest BCUT2D eigenvalue weighted by molar-refractivity contribution is 0.292. The molecule has 6 heteroatoms. The molecular formula is C15H19ClN4O. The van der Waals surface area contributed by atoms with Gasteiger partial charge in [-0.15, -0.1) is 0 Å². The maximum Gasteiger partial charge on any atom is 0.322 e. The molecule has 0 aliphatic heterocycles. The molecule has 0 bridgehead atoms.